The summed E-state index contributed by atoms with van der Waals surface area (Å²) in [4.78, 5) is 12.3. The lowest BCUT2D eigenvalue weighted by atomic mass is 10.1. The Morgan fingerprint density at radius 2 is 1.91 bits per heavy atom. The maximum absolute atomic E-state index is 12.3. The molecule has 1 aromatic carbocycles. The third kappa shape index (κ3) is 4.44. The predicted molar refractivity (Wildman–Crippen MR) is 96.9 cm³/mol. The highest BCUT2D eigenvalue weighted by Crippen LogP contribution is 2.27. The Hall–Kier alpha value is -1.61. The van der Waals surface area contributed by atoms with Gasteiger partial charge in [-0.1, -0.05) is 79.7 Å². The minimum absolute atomic E-state index is 0.206. The number of benzene rings is 1. The van der Waals surface area contributed by atoms with Gasteiger partial charge in [0, 0.05) is 5.57 Å². The lowest BCUT2D eigenvalue weighted by Crippen LogP contribution is -2.45. The van der Waals surface area contributed by atoms with Crippen molar-refractivity contribution in [2.45, 2.75) is 45.7 Å². The van der Waals surface area contributed by atoms with Crippen molar-refractivity contribution in [1.29, 1.82) is 0 Å². The summed E-state index contributed by atoms with van der Waals surface area (Å²) >= 11 is 0. The maximum atomic E-state index is 12.3. The summed E-state index contributed by atoms with van der Waals surface area (Å²) in [5.41, 5.74) is 0.812. The van der Waals surface area contributed by atoms with E-state index in [2.05, 4.69) is 50.9 Å². The molecule has 2 nitrogen and oxygen atoms in total. The number of carbonyl (C=O) groups is 1. The van der Waals surface area contributed by atoms with Gasteiger partial charge in [0.05, 0.1) is 7.11 Å². The second-order valence-corrected chi connectivity index (χ2v) is 10.5. The van der Waals surface area contributed by atoms with E-state index in [4.69, 9.17) is 4.74 Å². The number of hydrogen-bond donors (Lipinski definition) is 0. The summed E-state index contributed by atoms with van der Waals surface area (Å²) in [6.07, 6.45) is 5.55. The summed E-state index contributed by atoms with van der Waals surface area (Å²) in [7, 11) is -0.436. The zero-order valence-electron chi connectivity index (χ0n) is 14.3. The van der Waals surface area contributed by atoms with Crippen LogP contribution in [0.2, 0.25) is 13.1 Å². The first-order valence-corrected chi connectivity index (χ1v) is 11.0. The zero-order chi connectivity index (χ0) is 16.6. The topological polar surface area (TPSA) is 26.3 Å². The minimum Gasteiger partial charge on any atom is -0.466 e. The SMILES string of the molecule is C=CC/C(C(=O)OC)=C(\CCCC)[Si](C)(C)c1ccccc1. The van der Waals surface area contributed by atoms with Gasteiger partial charge in [0.25, 0.3) is 0 Å². The van der Waals surface area contributed by atoms with E-state index in [1.54, 1.807) is 6.08 Å². The normalized spacial score (nSPS) is 12.5. The Labute approximate surface area is 135 Å². The molecule has 0 radical (unpaired) electrons. The number of hydrogen-bond acceptors (Lipinski definition) is 2. The molecule has 0 spiro atoms. The van der Waals surface area contributed by atoms with Gasteiger partial charge in [0.15, 0.2) is 0 Å². The molecule has 0 aliphatic carbocycles. The van der Waals surface area contributed by atoms with Crippen molar-refractivity contribution in [2.75, 3.05) is 7.11 Å². The number of unbranched alkanes of at least 4 members (excludes halogenated alkanes) is 1. The molecule has 0 aliphatic heterocycles. The summed E-state index contributed by atoms with van der Waals surface area (Å²) < 4.78 is 5.03. The van der Waals surface area contributed by atoms with Crippen molar-refractivity contribution in [3.05, 3.63) is 53.8 Å². The zero-order valence-corrected chi connectivity index (χ0v) is 15.3. The highest BCUT2D eigenvalue weighted by Gasteiger charge is 2.32. The Morgan fingerprint density at radius 3 is 2.41 bits per heavy atom. The molecule has 0 atom stereocenters. The molecule has 0 heterocycles. The molecule has 1 aromatic rings. The smallest absolute Gasteiger partial charge is 0.333 e. The monoisotopic (exact) mass is 316 g/mol. The molecule has 0 unspecified atom stereocenters. The second kappa shape index (κ2) is 8.74. The quantitative estimate of drug-likeness (QED) is 0.308. The molecule has 22 heavy (non-hydrogen) atoms. The van der Waals surface area contributed by atoms with Crippen molar-refractivity contribution in [3.63, 3.8) is 0 Å². The van der Waals surface area contributed by atoms with E-state index in [0.29, 0.717) is 6.42 Å². The minimum atomic E-state index is -1.89. The fourth-order valence-electron chi connectivity index (χ4n) is 2.82. The standard InChI is InChI=1S/C19H28O2Si/c1-6-8-15-18(17(12-7-2)19(20)21-3)22(4,5)16-13-10-9-11-14-16/h7,9-11,13-14H,2,6,8,12,15H2,1,3-5H3/b18-17-. The van der Waals surface area contributed by atoms with Crippen LogP contribution in [-0.2, 0) is 9.53 Å². The van der Waals surface area contributed by atoms with Crippen LogP contribution in [0, 0.1) is 0 Å². The molecular formula is C19H28O2Si. The van der Waals surface area contributed by atoms with Crippen molar-refractivity contribution in [3.8, 4) is 0 Å². The summed E-state index contributed by atoms with van der Waals surface area (Å²) in [6.45, 7) is 10.6. The first-order chi connectivity index (χ1) is 10.5. The largest absolute Gasteiger partial charge is 0.466 e. The van der Waals surface area contributed by atoms with Crippen molar-refractivity contribution in [2.24, 2.45) is 0 Å². The van der Waals surface area contributed by atoms with Gasteiger partial charge in [-0.3, -0.25) is 0 Å². The van der Waals surface area contributed by atoms with E-state index < -0.39 is 8.07 Å². The van der Waals surface area contributed by atoms with E-state index in [-0.39, 0.29) is 5.97 Å². The second-order valence-electron chi connectivity index (χ2n) is 6.04. The van der Waals surface area contributed by atoms with Crippen LogP contribution >= 0.6 is 0 Å². The third-order valence-electron chi connectivity index (χ3n) is 4.17. The summed E-state index contributed by atoms with van der Waals surface area (Å²) in [5, 5.41) is 2.65. The lowest BCUT2D eigenvalue weighted by Gasteiger charge is -2.29. The average Bonchev–Trinajstić information content (AvgIpc) is 2.54. The van der Waals surface area contributed by atoms with E-state index in [0.717, 1.165) is 24.8 Å². The summed E-state index contributed by atoms with van der Waals surface area (Å²) in [5.74, 6) is -0.206. The molecule has 0 amide bonds. The van der Waals surface area contributed by atoms with E-state index in [1.807, 2.05) is 6.07 Å². The average molecular weight is 317 g/mol. The van der Waals surface area contributed by atoms with E-state index >= 15 is 0 Å². The van der Waals surface area contributed by atoms with Crippen LogP contribution in [0.1, 0.15) is 32.6 Å². The molecule has 0 N–H and O–H groups in total. The predicted octanol–water partition coefficient (Wildman–Crippen LogP) is 4.38. The van der Waals surface area contributed by atoms with Gasteiger partial charge >= 0.3 is 5.97 Å². The van der Waals surface area contributed by atoms with Crippen LogP contribution in [0.25, 0.3) is 0 Å². The van der Waals surface area contributed by atoms with Crippen molar-refractivity contribution in [1.82, 2.24) is 0 Å². The van der Waals surface area contributed by atoms with Gasteiger partial charge in [-0.15, -0.1) is 6.58 Å². The Kier molecular flexibility index (Phi) is 7.32. The van der Waals surface area contributed by atoms with Crippen LogP contribution in [0.3, 0.4) is 0 Å². The van der Waals surface area contributed by atoms with Gasteiger partial charge in [-0.05, 0) is 12.8 Å². The Bertz CT molecular complexity index is 530. The molecule has 0 aromatic heterocycles. The first kappa shape index (κ1) is 18.4. The van der Waals surface area contributed by atoms with Crippen molar-refractivity contribution >= 4 is 19.2 Å². The molecule has 120 valence electrons. The number of ether oxygens (including phenoxy) is 1. The highest BCUT2D eigenvalue weighted by molar-refractivity contribution is 6.96. The number of methoxy groups -OCH3 is 1. The van der Waals surface area contributed by atoms with Gasteiger partial charge in [-0.2, -0.15) is 0 Å². The number of allylic oxidation sites excluding steroid dienone is 2. The third-order valence-corrected chi connectivity index (χ3v) is 8.01. The van der Waals surface area contributed by atoms with Crippen molar-refractivity contribution < 1.29 is 9.53 Å². The number of rotatable bonds is 8. The highest BCUT2D eigenvalue weighted by atomic mass is 28.3. The van der Waals surface area contributed by atoms with Gasteiger partial charge in [-0.25, -0.2) is 4.79 Å². The molecule has 0 saturated carbocycles. The van der Waals surface area contributed by atoms with E-state index in [9.17, 15) is 4.79 Å². The van der Waals surface area contributed by atoms with Crippen LogP contribution in [0.4, 0.5) is 0 Å². The molecule has 1 rings (SSSR count). The lowest BCUT2D eigenvalue weighted by molar-refractivity contribution is -0.136. The molecule has 3 heteroatoms. The maximum Gasteiger partial charge on any atom is 0.333 e. The van der Waals surface area contributed by atoms with Crippen LogP contribution < -0.4 is 5.19 Å². The van der Waals surface area contributed by atoms with Crippen LogP contribution in [-0.4, -0.2) is 21.2 Å². The fraction of sp³-hybridized carbons (Fsp3) is 0.421. The van der Waals surface area contributed by atoms with Gasteiger partial charge < -0.3 is 4.74 Å². The number of carbonyl (C=O) groups excluding carboxylic acids is 1. The van der Waals surface area contributed by atoms with Gasteiger partial charge in [0.2, 0.25) is 0 Å². The van der Waals surface area contributed by atoms with Gasteiger partial charge in [0.1, 0.15) is 8.07 Å². The molecule has 0 fully saturated rings. The van der Waals surface area contributed by atoms with E-state index in [1.165, 1.54) is 17.5 Å². The molecule has 0 aliphatic rings. The number of esters is 1. The molecule has 0 bridgehead atoms. The fourth-order valence-corrected chi connectivity index (χ4v) is 5.96. The van der Waals surface area contributed by atoms with Crippen LogP contribution in [0.5, 0.6) is 0 Å². The van der Waals surface area contributed by atoms with Crippen LogP contribution in [0.15, 0.2) is 53.8 Å². The Balaban J connectivity index is 3.42. The first-order valence-electron chi connectivity index (χ1n) is 7.96. The summed E-state index contributed by atoms with van der Waals surface area (Å²) in [6, 6.07) is 10.6. The Morgan fingerprint density at radius 1 is 1.27 bits per heavy atom. The molecular weight excluding hydrogens is 288 g/mol. The molecule has 0 saturated heterocycles.